The van der Waals surface area contributed by atoms with Crippen LogP contribution in [0.25, 0.3) is 0 Å². The maximum Gasteiger partial charge on any atom is 0.303 e. The third-order valence-electron chi connectivity index (χ3n) is 2.93. The number of hydrogen-bond donors (Lipinski definition) is 3. The summed E-state index contributed by atoms with van der Waals surface area (Å²) in [5.74, 6) is -0.701. The Labute approximate surface area is 103 Å². The molecule has 0 radical (unpaired) electrons. The van der Waals surface area contributed by atoms with Crippen molar-refractivity contribution >= 4 is 11.9 Å². The highest BCUT2D eigenvalue weighted by Gasteiger charge is 2.18. The molecular weight excluding hydrogens is 220 g/mol. The molecule has 0 aromatic carbocycles. The molecule has 0 aromatic rings. The largest absolute Gasteiger partial charge is 0.481 e. The molecule has 17 heavy (non-hydrogen) atoms. The van der Waals surface area contributed by atoms with Crippen molar-refractivity contribution in [3.63, 3.8) is 0 Å². The van der Waals surface area contributed by atoms with E-state index in [1.54, 1.807) is 0 Å². The van der Waals surface area contributed by atoms with Crippen LogP contribution in [0, 0.1) is 5.92 Å². The molecule has 0 aliphatic carbocycles. The second-order valence-corrected chi connectivity index (χ2v) is 4.41. The Morgan fingerprint density at radius 1 is 1.29 bits per heavy atom. The normalized spacial score (nSPS) is 14.1. The number of carbonyl (C=O) groups excluding carboxylic acids is 1. The van der Waals surface area contributed by atoms with Gasteiger partial charge in [-0.3, -0.25) is 9.59 Å². The van der Waals surface area contributed by atoms with Crippen LogP contribution >= 0.6 is 0 Å². The van der Waals surface area contributed by atoms with Crippen LogP contribution in [0.15, 0.2) is 0 Å². The van der Waals surface area contributed by atoms with Crippen LogP contribution in [0.2, 0.25) is 0 Å². The average molecular weight is 244 g/mol. The molecule has 0 aromatic heterocycles. The summed E-state index contributed by atoms with van der Waals surface area (Å²) in [5.41, 5.74) is 5.76. The standard InChI is InChI=1S/C12H24N2O3/c1-3-9(2)11(13)12(17)14-8-6-4-5-7-10(15)16/h9,11H,3-8,13H2,1-2H3,(H,14,17)(H,15,16)/t9-,11-/m0/s1. The molecule has 0 spiro atoms. The number of rotatable bonds is 9. The highest BCUT2D eigenvalue weighted by Crippen LogP contribution is 2.05. The summed E-state index contributed by atoms with van der Waals surface area (Å²) >= 11 is 0. The van der Waals surface area contributed by atoms with Crippen LogP contribution in [-0.2, 0) is 9.59 Å². The fraction of sp³-hybridized carbons (Fsp3) is 0.833. The van der Waals surface area contributed by atoms with Gasteiger partial charge in [-0.1, -0.05) is 26.7 Å². The smallest absolute Gasteiger partial charge is 0.303 e. The fourth-order valence-electron chi connectivity index (χ4n) is 1.42. The fourth-order valence-corrected chi connectivity index (χ4v) is 1.42. The van der Waals surface area contributed by atoms with Gasteiger partial charge in [0.2, 0.25) is 5.91 Å². The van der Waals surface area contributed by atoms with Crippen molar-refractivity contribution in [2.75, 3.05) is 6.54 Å². The summed E-state index contributed by atoms with van der Waals surface area (Å²) in [4.78, 5) is 21.8. The van der Waals surface area contributed by atoms with E-state index >= 15 is 0 Å². The highest BCUT2D eigenvalue weighted by molar-refractivity contribution is 5.81. The highest BCUT2D eigenvalue weighted by atomic mass is 16.4. The van der Waals surface area contributed by atoms with Crippen LogP contribution in [0.1, 0.15) is 46.0 Å². The minimum atomic E-state index is -0.771. The van der Waals surface area contributed by atoms with Gasteiger partial charge in [0.05, 0.1) is 6.04 Å². The molecule has 0 saturated heterocycles. The number of carboxylic acids is 1. The molecule has 100 valence electrons. The predicted molar refractivity (Wildman–Crippen MR) is 66.5 cm³/mol. The zero-order chi connectivity index (χ0) is 13.3. The number of carbonyl (C=O) groups is 2. The SMILES string of the molecule is CC[C@H](C)[C@H](N)C(=O)NCCCCCC(=O)O. The van der Waals surface area contributed by atoms with Gasteiger partial charge in [0.1, 0.15) is 0 Å². The van der Waals surface area contributed by atoms with E-state index in [9.17, 15) is 9.59 Å². The number of carboxylic acid groups (broad SMARTS) is 1. The molecule has 0 unspecified atom stereocenters. The molecule has 0 saturated carbocycles. The van der Waals surface area contributed by atoms with Gasteiger partial charge < -0.3 is 16.2 Å². The monoisotopic (exact) mass is 244 g/mol. The predicted octanol–water partition coefficient (Wildman–Crippen LogP) is 1.12. The zero-order valence-electron chi connectivity index (χ0n) is 10.7. The van der Waals surface area contributed by atoms with Gasteiger partial charge in [0.15, 0.2) is 0 Å². The van der Waals surface area contributed by atoms with Crippen LogP contribution in [0.5, 0.6) is 0 Å². The molecular formula is C12H24N2O3. The number of unbranched alkanes of at least 4 members (excludes halogenated alkanes) is 2. The molecule has 5 heteroatoms. The topological polar surface area (TPSA) is 92.4 Å². The lowest BCUT2D eigenvalue weighted by atomic mass is 9.99. The molecule has 2 atom stereocenters. The first-order chi connectivity index (χ1) is 7.99. The quantitative estimate of drug-likeness (QED) is 0.530. The maximum atomic E-state index is 11.6. The van der Waals surface area contributed by atoms with Crippen LogP contribution < -0.4 is 11.1 Å². The van der Waals surface area contributed by atoms with E-state index in [0.717, 1.165) is 19.3 Å². The Kier molecular flexibility index (Phi) is 8.40. The van der Waals surface area contributed by atoms with Gasteiger partial charge in [-0.15, -0.1) is 0 Å². The van der Waals surface area contributed by atoms with Crippen molar-refractivity contribution in [3.05, 3.63) is 0 Å². The van der Waals surface area contributed by atoms with Crippen LogP contribution in [0.3, 0.4) is 0 Å². The van der Waals surface area contributed by atoms with Crippen molar-refractivity contribution in [2.45, 2.75) is 52.0 Å². The molecule has 0 bridgehead atoms. The third kappa shape index (κ3) is 7.74. The molecule has 0 aliphatic heterocycles. The Morgan fingerprint density at radius 2 is 1.94 bits per heavy atom. The summed E-state index contributed by atoms with van der Waals surface area (Å²) < 4.78 is 0. The van der Waals surface area contributed by atoms with E-state index < -0.39 is 12.0 Å². The van der Waals surface area contributed by atoms with Gasteiger partial charge in [-0.2, -0.15) is 0 Å². The van der Waals surface area contributed by atoms with Gasteiger partial charge in [-0.25, -0.2) is 0 Å². The van der Waals surface area contributed by atoms with Crippen molar-refractivity contribution in [1.29, 1.82) is 0 Å². The van der Waals surface area contributed by atoms with E-state index in [0.29, 0.717) is 13.0 Å². The van der Waals surface area contributed by atoms with Gasteiger partial charge in [-0.05, 0) is 18.8 Å². The molecule has 4 N–H and O–H groups in total. The lowest BCUT2D eigenvalue weighted by Gasteiger charge is -2.17. The first kappa shape index (κ1) is 15.9. The molecule has 0 fully saturated rings. The molecule has 5 nitrogen and oxygen atoms in total. The van der Waals surface area contributed by atoms with E-state index in [1.807, 2.05) is 13.8 Å². The van der Waals surface area contributed by atoms with Crippen molar-refractivity contribution < 1.29 is 14.7 Å². The lowest BCUT2D eigenvalue weighted by molar-refractivity contribution is -0.137. The van der Waals surface area contributed by atoms with Crippen molar-refractivity contribution in [1.82, 2.24) is 5.32 Å². The number of amides is 1. The van der Waals surface area contributed by atoms with Gasteiger partial charge in [0, 0.05) is 13.0 Å². The first-order valence-corrected chi connectivity index (χ1v) is 6.24. The van der Waals surface area contributed by atoms with Crippen molar-refractivity contribution in [2.24, 2.45) is 11.7 Å². The zero-order valence-corrected chi connectivity index (χ0v) is 10.7. The molecule has 0 heterocycles. The van der Waals surface area contributed by atoms with Crippen molar-refractivity contribution in [3.8, 4) is 0 Å². The minimum absolute atomic E-state index is 0.113. The Balaban J connectivity index is 3.54. The maximum absolute atomic E-state index is 11.6. The summed E-state index contributed by atoms with van der Waals surface area (Å²) in [5, 5.41) is 11.2. The summed E-state index contributed by atoms with van der Waals surface area (Å²) in [7, 11) is 0. The second kappa shape index (κ2) is 8.98. The lowest BCUT2D eigenvalue weighted by Crippen LogP contribution is -2.44. The van der Waals surface area contributed by atoms with Gasteiger partial charge >= 0.3 is 5.97 Å². The number of hydrogen-bond acceptors (Lipinski definition) is 3. The number of nitrogens with two attached hydrogens (primary N) is 1. The van der Waals surface area contributed by atoms with E-state index in [4.69, 9.17) is 10.8 Å². The van der Waals surface area contributed by atoms with E-state index in [2.05, 4.69) is 5.32 Å². The van der Waals surface area contributed by atoms with Crippen LogP contribution in [0.4, 0.5) is 0 Å². The number of nitrogens with one attached hydrogen (secondary N) is 1. The van der Waals surface area contributed by atoms with Crippen LogP contribution in [-0.4, -0.2) is 29.6 Å². The Hall–Kier alpha value is -1.10. The Morgan fingerprint density at radius 3 is 2.47 bits per heavy atom. The molecule has 0 aliphatic rings. The third-order valence-corrected chi connectivity index (χ3v) is 2.93. The van der Waals surface area contributed by atoms with E-state index in [1.165, 1.54) is 0 Å². The number of aliphatic carboxylic acids is 1. The van der Waals surface area contributed by atoms with E-state index in [-0.39, 0.29) is 18.2 Å². The summed E-state index contributed by atoms with van der Waals surface area (Å²) in [6.07, 6.45) is 3.34. The molecule has 1 amide bonds. The van der Waals surface area contributed by atoms with Gasteiger partial charge in [0.25, 0.3) is 0 Å². The Bertz CT molecular complexity index is 244. The first-order valence-electron chi connectivity index (χ1n) is 6.24. The summed E-state index contributed by atoms with van der Waals surface area (Å²) in [6, 6.07) is -0.445. The average Bonchev–Trinajstić information content (AvgIpc) is 2.30. The second-order valence-electron chi connectivity index (χ2n) is 4.41. The molecule has 0 rings (SSSR count). The minimum Gasteiger partial charge on any atom is -0.481 e. The summed E-state index contributed by atoms with van der Waals surface area (Å²) in [6.45, 7) is 4.53.